The van der Waals surface area contributed by atoms with Crippen LogP contribution in [0.2, 0.25) is 0 Å². The van der Waals surface area contributed by atoms with E-state index >= 15 is 0 Å². The van der Waals surface area contributed by atoms with E-state index in [2.05, 4.69) is 10.3 Å². The van der Waals surface area contributed by atoms with Gasteiger partial charge in [-0.15, -0.1) is 0 Å². The summed E-state index contributed by atoms with van der Waals surface area (Å²) in [6.07, 6.45) is 5.35. The van der Waals surface area contributed by atoms with Crippen LogP contribution in [-0.4, -0.2) is 28.5 Å². The van der Waals surface area contributed by atoms with Crippen LogP contribution in [0.15, 0.2) is 41.3 Å². The highest BCUT2D eigenvalue weighted by Crippen LogP contribution is 2.18. The van der Waals surface area contributed by atoms with Crippen LogP contribution in [0.4, 0.5) is 0 Å². The number of aliphatic carboxylic acids is 1. The van der Waals surface area contributed by atoms with Gasteiger partial charge < -0.3 is 14.8 Å². The monoisotopic (exact) mass is 302 g/mol. The van der Waals surface area contributed by atoms with E-state index in [9.17, 15) is 9.59 Å². The molecule has 2 aromatic rings. The Balaban J connectivity index is 1.74. The van der Waals surface area contributed by atoms with Gasteiger partial charge in [-0.05, 0) is 25.0 Å². The Hall–Kier alpha value is -2.63. The number of carbonyl (C=O) groups is 2. The largest absolute Gasteiger partial charge is 0.481 e. The molecule has 6 heteroatoms. The standard InChI is InChI=1S/C16H18N2O4/c19-15(20)4-2-1-3-9-18-16(21)13-7-5-12(6-8-13)14-10-17-11-22-14/h5-8,10-11H,1-4,9H2,(H,18,21)(H,19,20). The quantitative estimate of drug-likeness (QED) is 0.731. The lowest BCUT2D eigenvalue weighted by Gasteiger charge is -2.05. The third-order valence-corrected chi connectivity index (χ3v) is 3.22. The molecule has 0 unspecified atom stereocenters. The summed E-state index contributed by atoms with van der Waals surface area (Å²) in [5.41, 5.74) is 1.44. The van der Waals surface area contributed by atoms with Crippen LogP contribution in [-0.2, 0) is 4.79 Å². The molecule has 22 heavy (non-hydrogen) atoms. The van der Waals surface area contributed by atoms with E-state index in [1.54, 1.807) is 18.3 Å². The second-order valence-electron chi connectivity index (χ2n) is 4.90. The lowest BCUT2D eigenvalue weighted by atomic mass is 10.1. The van der Waals surface area contributed by atoms with Crippen molar-refractivity contribution in [3.05, 3.63) is 42.4 Å². The van der Waals surface area contributed by atoms with Gasteiger partial charge in [-0.25, -0.2) is 4.98 Å². The fourth-order valence-electron chi connectivity index (χ4n) is 2.03. The van der Waals surface area contributed by atoms with Crippen molar-refractivity contribution >= 4 is 11.9 Å². The normalized spacial score (nSPS) is 10.4. The molecule has 116 valence electrons. The van der Waals surface area contributed by atoms with Gasteiger partial charge in [0.2, 0.25) is 0 Å². The van der Waals surface area contributed by atoms with E-state index in [4.69, 9.17) is 9.52 Å². The highest BCUT2D eigenvalue weighted by atomic mass is 16.4. The lowest BCUT2D eigenvalue weighted by Crippen LogP contribution is -2.24. The van der Waals surface area contributed by atoms with E-state index < -0.39 is 5.97 Å². The summed E-state index contributed by atoms with van der Waals surface area (Å²) in [4.78, 5) is 26.1. The minimum atomic E-state index is -0.782. The maximum Gasteiger partial charge on any atom is 0.303 e. The van der Waals surface area contributed by atoms with Crippen LogP contribution in [0.5, 0.6) is 0 Å². The zero-order valence-electron chi connectivity index (χ0n) is 12.1. The van der Waals surface area contributed by atoms with Gasteiger partial charge in [0, 0.05) is 24.1 Å². The number of amides is 1. The second-order valence-corrected chi connectivity index (χ2v) is 4.90. The molecule has 0 saturated heterocycles. The predicted molar refractivity (Wildman–Crippen MR) is 80.4 cm³/mol. The Bertz CT molecular complexity index is 606. The Labute approximate surface area is 128 Å². The summed E-state index contributed by atoms with van der Waals surface area (Å²) in [5, 5.41) is 11.3. The first-order valence-electron chi connectivity index (χ1n) is 7.16. The molecular weight excluding hydrogens is 284 g/mol. The summed E-state index contributed by atoms with van der Waals surface area (Å²) in [6, 6.07) is 7.08. The van der Waals surface area contributed by atoms with E-state index in [-0.39, 0.29) is 12.3 Å². The highest BCUT2D eigenvalue weighted by molar-refractivity contribution is 5.94. The maximum atomic E-state index is 11.9. The smallest absolute Gasteiger partial charge is 0.303 e. The van der Waals surface area contributed by atoms with Crippen LogP contribution in [0, 0.1) is 0 Å². The van der Waals surface area contributed by atoms with Crippen molar-refractivity contribution < 1.29 is 19.1 Å². The molecule has 0 fully saturated rings. The molecule has 0 radical (unpaired) electrons. The van der Waals surface area contributed by atoms with Gasteiger partial charge in [0.15, 0.2) is 12.2 Å². The number of nitrogens with one attached hydrogen (secondary N) is 1. The number of carbonyl (C=O) groups excluding carboxylic acids is 1. The number of hydrogen-bond donors (Lipinski definition) is 2. The molecule has 0 saturated carbocycles. The van der Waals surface area contributed by atoms with E-state index in [1.807, 2.05) is 12.1 Å². The average molecular weight is 302 g/mol. The molecule has 0 spiro atoms. The number of aromatic nitrogens is 1. The molecule has 1 heterocycles. The van der Waals surface area contributed by atoms with Crippen LogP contribution in [0.1, 0.15) is 36.0 Å². The molecule has 0 aliphatic heterocycles. The zero-order chi connectivity index (χ0) is 15.8. The van der Waals surface area contributed by atoms with Gasteiger partial charge in [-0.3, -0.25) is 9.59 Å². The van der Waals surface area contributed by atoms with Crippen molar-refractivity contribution in [2.24, 2.45) is 0 Å². The first-order chi connectivity index (χ1) is 10.7. The third kappa shape index (κ3) is 4.73. The molecular formula is C16H18N2O4. The van der Waals surface area contributed by atoms with Gasteiger partial charge in [0.25, 0.3) is 5.91 Å². The number of hydrogen-bond acceptors (Lipinski definition) is 4. The number of carboxylic acid groups (broad SMARTS) is 1. The van der Waals surface area contributed by atoms with Gasteiger partial charge in [0.05, 0.1) is 6.20 Å². The highest BCUT2D eigenvalue weighted by Gasteiger charge is 2.06. The van der Waals surface area contributed by atoms with E-state index in [0.717, 1.165) is 18.4 Å². The molecule has 1 aromatic heterocycles. The van der Waals surface area contributed by atoms with Crippen molar-refractivity contribution in [2.75, 3.05) is 6.54 Å². The number of benzene rings is 1. The Morgan fingerprint density at radius 2 is 1.91 bits per heavy atom. The molecule has 2 rings (SSSR count). The summed E-state index contributed by atoms with van der Waals surface area (Å²) in [7, 11) is 0. The summed E-state index contributed by atoms with van der Waals surface area (Å²) >= 11 is 0. The third-order valence-electron chi connectivity index (χ3n) is 3.22. The number of nitrogens with zero attached hydrogens (tertiary/aromatic N) is 1. The number of oxazole rings is 1. The van der Waals surface area contributed by atoms with E-state index in [1.165, 1.54) is 6.39 Å². The summed E-state index contributed by atoms with van der Waals surface area (Å²) in [5.74, 6) is -0.261. The molecule has 0 aliphatic carbocycles. The lowest BCUT2D eigenvalue weighted by molar-refractivity contribution is -0.137. The molecule has 0 aliphatic rings. The first-order valence-corrected chi connectivity index (χ1v) is 7.16. The molecule has 1 aromatic carbocycles. The predicted octanol–water partition coefficient (Wildman–Crippen LogP) is 2.72. The van der Waals surface area contributed by atoms with Crippen molar-refractivity contribution in [2.45, 2.75) is 25.7 Å². The van der Waals surface area contributed by atoms with Crippen LogP contribution in [0.3, 0.4) is 0 Å². The first kappa shape index (κ1) is 15.8. The van der Waals surface area contributed by atoms with Gasteiger partial charge >= 0.3 is 5.97 Å². The second kappa shape index (κ2) is 7.97. The number of unbranched alkanes of at least 4 members (excludes halogenated alkanes) is 2. The zero-order valence-corrected chi connectivity index (χ0v) is 12.1. The number of carboxylic acids is 1. The topological polar surface area (TPSA) is 92.4 Å². The minimum absolute atomic E-state index is 0.137. The SMILES string of the molecule is O=C(O)CCCCCNC(=O)c1ccc(-c2cnco2)cc1. The van der Waals surface area contributed by atoms with Crippen molar-refractivity contribution in [3.63, 3.8) is 0 Å². The van der Waals surface area contributed by atoms with Gasteiger partial charge in [-0.2, -0.15) is 0 Å². The van der Waals surface area contributed by atoms with Crippen molar-refractivity contribution in [3.8, 4) is 11.3 Å². The average Bonchev–Trinajstić information content (AvgIpc) is 3.05. The minimum Gasteiger partial charge on any atom is -0.481 e. The van der Waals surface area contributed by atoms with Crippen LogP contribution < -0.4 is 5.32 Å². The Morgan fingerprint density at radius 3 is 2.55 bits per heavy atom. The molecule has 1 amide bonds. The Kier molecular flexibility index (Phi) is 5.71. The van der Waals surface area contributed by atoms with E-state index in [0.29, 0.717) is 24.3 Å². The molecule has 0 bridgehead atoms. The fourth-order valence-corrected chi connectivity index (χ4v) is 2.03. The summed E-state index contributed by atoms with van der Waals surface area (Å²) < 4.78 is 5.19. The fraction of sp³-hybridized carbons (Fsp3) is 0.312. The molecule has 6 nitrogen and oxygen atoms in total. The van der Waals surface area contributed by atoms with Crippen molar-refractivity contribution in [1.82, 2.24) is 10.3 Å². The maximum absolute atomic E-state index is 11.9. The summed E-state index contributed by atoms with van der Waals surface area (Å²) in [6.45, 7) is 0.544. The van der Waals surface area contributed by atoms with Gasteiger partial charge in [0.1, 0.15) is 0 Å². The van der Waals surface area contributed by atoms with Crippen LogP contribution in [0.25, 0.3) is 11.3 Å². The van der Waals surface area contributed by atoms with Crippen molar-refractivity contribution in [1.29, 1.82) is 0 Å². The number of rotatable bonds is 8. The van der Waals surface area contributed by atoms with Gasteiger partial charge in [-0.1, -0.05) is 18.6 Å². The molecule has 0 atom stereocenters. The molecule has 2 N–H and O–H groups in total. The van der Waals surface area contributed by atoms with Crippen LogP contribution >= 0.6 is 0 Å². The Morgan fingerprint density at radius 1 is 1.14 bits per heavy atom.